The molecule has 2 aliphatic heterocycles. The van der Waals surface area contributed by atoms with Crippen molar-refractivity contribution in [3.63, 3.8) is 0 Å². The van der Waals surface area contributed by atoms with Gasteiger partial charge in [0, 0.05) is 0 Å². The number of benzene rings is 4. The summed E-state index contributed by atoms with van der Waals surface area (Å²) in [7, 11) is 0. The lowest BCUT2D eigenvalue weighted by molar-refractivity contribution is 0.0691. The van der Waals surface area contributed by atoms with Crippen LogP contribution in [-0.4, -0.2) is 62.4 Å². The smallest absolute Gasteiger partial charge is 0.339 e. The van der Waals surface area contributed by atoms with Crippen LogP contribution in [0.1, 0.15) is 62.1 Å². The molecule has 0 atom stereocenters. The summed E-state index contributed by atoms with van der Waals surface area (Å²) in [5, 5.41) is 38.3. The van der Waals surface area contributed by atoms with E-state index in [1.807, 2.05) is 0 Å². The first-order chi connectivity index (χ1) is 20.5. The number of phenolic OH excluding ortho intramolecular Hbond substituents is 1. The molecule has 2 heterocycles. The van der Waals surface area contributed by atoms with Crippen molar-refractivity contribution >= 4 is 46.8 Å². The lowest BCUT2D eigenvalue weighted by atomic mass is 9.97. The first-order valence-electron chi connectivity index (χ1n) is 12.6. The van der Waals surface area contributed by atoms with Crippen LogP contribution in [-0.2, 0) is 0 Å². The average molecular weight is 578 g/mol. The lowest BCUT2D eigenvalue weighted by Crippen LogP contribution is -2.29. The zero-order chi connectivity index (χ0) is 30.7. The number of aromatic carboxylic acids is 1. The van der Waals surface area contributed by atoms with E-state index in [2.05, 4.69) is 0 Å². The van der Waals surface area contributed by atoms with E-state index in [0.29, 0.717) is 11.1 Å². The summed E-state index contributed by atoms with van der Waals surface area (Å²) in [6, 6.07) is 15.8. The molecule has 0 bridgehead atoms. The Morgan fingerprint density at radius 3 is 1.42 bits per heavy atom. The van der Waals surface area contributed by atoms with Crippen LogP contribution in [0.5, 0.6) is 11.5 Å². The SMILES string of the molecule is O=C(O)c1cc(N2C(=O)c3ccc(-c4ccc5c(c4)C(=O)N(c4ccc(O)c(C(=O)CO)c4)C5=O)cc3C2=O)ccc1O. The number of hydrogen-bond acceptors (Lipinski definition) is 9. The van der Waals surface area contributed by atoms with Gasteiger partial charge in [0.1, 0.15) is 23.7 Å². The van der Waals surface area contributed by atoms with Crippen molar-refractivity contribution in [2.45, 2.75) is 0 Å². The molecule has 4 aromatic rings. The Balaban J connectivity index is 1.34. The number of phenols is 2. The van der Waals surface area contributed by atoms with Gasteiger partial charge in [0.15, 0.2) is 5.78 Å². The number of carboxylic acids is 1. The number of nitrogens with zero attached hydrogens (tertiary/aromatic N) is 2. The zero-order valence-corrected chi connectivity index (χ0v) is 21.8. The van der Waals surface area contributed by atoms with E-state index in [4.69, 9.17) is 0 Å². The van der Waals surface area contributed by atoms with Gasteiger partial charge >= 0.3 is 5.97 Å². The Kier molecular flexibility index (Phi) is 6.13. The van der Waals surface area contributed by atoms with Gasteiger partial charge in [0.2, 0.25) is 0 Å². The number of imide groups is 2. The number of anilines is 2. The van der Waals surface area contributed by atoms with Gasteiger partial charge in [-0.1, -0.05) is 12.1 Å². The third kappa shape index (κ3) is 4.12. The van der Waals surface area contributed by atoms with Crippen molar-refractivity contribution < 1.29 is 49.2 Å². The molecule has 4 amide bonds. The molecule has 0 saturated carbocycles. The van der Waals surface area contributed by atoms with Crippen LogP contribution in [0.2, 0.25) is 0 Å². The van der Waals surface area contributed by atoms with Crippen molar-refractivity contribution in [2.24, 2.45) is 0 Å². The van der Waals surface area contributed by atoms with Gasteiger partial charge in [-0.3, -0.25) is 24.0 Å². The van der Waals surface area contributed by atoms with E-state index < -0.39 is 59.1 Å². The third-order valence-corrected chi connectivity index (χ3v) is 7.26. The van der Waals surface area contributed by atoms with Crippen LogP contribution in [0.3, 0.4) is 0 Å². The molecule has 0 aromatic heterocycles. The molecule has 0 spiro atoms. The van der Waals surface area contributed by atoms with E-state index in [9.17, 15) is 49.2 Å². The van der Waals surface area contributed by atoms with Crippen molar-refractivity contribution in [1.29, 1.82) is 0 Å². The summed E-state index contributed by atoms with van der Waals surface area (Å²) in [5.74, 6) is -5.95. The van der Waals surface area contributed by atoms with Crippen molar-refractivity contribution in [2.75, 3.05) is 16.4 Å². The lowest BCUT2D eigenvalue weighted by Gasteiger charge is -2.15. The molecule has 0 unspecified atom stereocenters. The largest absolute Gasteiger partial charge is 0.507 e. The molecule has 43 heavy (non-hydrogen) atoms. The number of hydrogen-bond donors (Lipinski definition) is 4. The van der Waals surface area contributed by atoms with Gasteiger partial charge in [0.05, 0.1) is 39.2 Å². The average Bonchev–Trinajstić information content (AvgIpc) is 3.40. The van der Waals surface area contributed by atoms with E-state index in [1.54, 1.807) is 12.1 Å². The molecule has 0 radical (unpaired) electrons. The first-order valence-corrected chi connectivity index (χ1v) is 12.6. The highest BCUT2D eigenvalue weighted by Gasteiger charge is 2.39. The number of aliphatic hydroxyl groups excluding tert-OH is 1. The van der Waals surface area contributed by atoms with E-state index in [-0.39, 0.29) is 39.2 Å². The Hall–Kier alpha value is -6.14. The van der Waals surface area contributed by atoms with Crippen LogP contribution in [0.4, 0.5) is 11.4 Å². The van der Waals surface area contributed by atoms with Crippen LogP contribution in [0.15, 0.2) is 72.8 Å². The number of carboxylic acid groups (broad SMARTS) is 1. The summed E-state index contributed by atoms with van der Waals surface area (Å²) in [6.45, 7) is -0.882. The van der Waals surface area contributed by atoms with Crippen LogP contribution < -0.4 is 9.80 Å². The molecule has 12 nitrogen and oxygen atoms in total. The number of aliphatic hydroxyl groups is 1. The normalized spacial score (nSPS) is 13.9. The van der Waals surface area contributed by atoms with Crippen LogP contribution >= 0.6 is 0 Å². The summed E-state index contributed by atoms with van der Waals surface area (Å²) in [4.78, 5) is 77.9. The summed E-state index contributed by atoms with van der Waals surface area (Å²) < 4.78 is 0. The molecule has 2 aliphatic rings. The standard InChI is InChI=1S/C31H18N2O10/c34-13-26(37)22-11-16(3-7-24(22)35)32-27(38)18-5-1-14(9-20(18)29(32)40)15-2-6-19-21(10-15)30(41)33(28(19)39)17-4-8-25(36)23(12-17)31(42)43/h1-12,34-36H,13H2,(H,42,43). The topological polar surface area (TPSA) is 190 Å². The maximum Gasteiger partial charge on any atom is 0.339 e. The zero-order valence-electron chi connectivity index (χ0n) is 21.8. The summed E-state index contributed by atoms with van der Waals surface area (Å²) in [6.07, 6.45) is 0. The molecule has 0 aliphatic carbocycles. The number of fused-ring (bicyclic) bond motifs is 2. The van der Waals surface area contributed by atoms with Gasteiger partial charge in [-0.2, -0.15) is 0 Å². The number of ketones is 1. The highest BCUT2D eigenvalue weighted by Crippen LogP contribution is 2.36. The Morgan fingerprint density at radius 2 is 0.977 bits per heavy atom. The molecule has 12 heteroatoms. The molecule has 0 fully saturated rings. The second-order valence-electron chi connectivity index (χ2n) is 9.70. The van der Waals surface area contributed by atoms with E-state index in [0.717, 1.165) is 34.1 Å². The minimum atomic E-state index is -1.44. The van der Waals surface area contributed by atoms with Gasteiger partial charge in [-0.05, 0) is 71.8 Å². The highest BCUT2D eigenvalue weighted by atomic mass is 16.4. The number of carbonyl (C=O) groups excluding carboxylic acids is 5. The second kappa shape index (κ2) is 9.75. The number of carbonyl (C=O) groups is 6. The fourth-order valence-corrected chi connectivity index (χ4v) is 5.12. The van der Waals surface area contributed by atoms with Crippen molar-refractivity contribution in [3.8, 4) is 22.6 Å². The fraction of sp³-hybridized carbons (Fsp3) is 0.0323. The minimum Gasteiger partial charge on any atom is -0.507 e. The predicted molar refractivity (Wildman–Crippen MR) is 149 cm³/mol. The van der Waals surface area contributed by atoms with E-state index >= 15 is 0 Å². The first kappa shape index (κ1) is 27.1. The molecule has 4 aromatic carbocycles. The number of amides is 4. The number of rotatable bonds is 6. The Morgan fingerprint density at radius 1 is 0.558 bits per heavy atom. The molecule has 6 rings (SSSR count). The molecular weight excluding hydrogens is 560 g/mol. The second-order valence-corrected chi connectivity index (χ2v) is 9.70. The minimum absolute atomic E-state index is 0.0179. The van der Waals surface area contributed by atoms with Crippen LogP contribution in [0, 0.1) is 0 Å². The number of Topliss-reactive ketones (excluding diaryl/α,β-unsaturated/α-hetero) is 1. The van der Waals surface area contributed by atoms with Gasteiger partial charge in [0.25, 0.3) is 23.6 Å². The fourth-order valence-electron chi connectivity index (χ4n) is 5.12. The molecule has 212 valence electrons. The number of aromatic hydroxyl groups is 2. The summed E-state index contributed by atoms with van der Waals surface area (Å²) in [5.41, 5.74) is 0.355. The van der Waals surface area contributed by atoms with Gasteiger partial charge < -0.3 is 20.4 Å². The molecule has 0 saturated heterocycles. The van der Waals surface area contributed by atoms with E-state index in [1.165, 1.54) is 36.4 Å². The highest BCUT2D eigenvalue weighted by molar-refractivity contribution is 6.36. The summed E-state index contributed by atoms with van der Waals surface area (Å²) >= 11 is 0. The maximum atomic E-state index is 13.4. The van der Waals surface area contributed by atoms with Crippen molar-refractivity contribution in [1.82, 2.24) is 0 Å². The van der Waals surface area contributed by atoms with Gasteiger partial charge in [-0.25, -0.2) is 14.6 Å². The van der Waals surface area contributed by atoms with Crippen LogP contribution in [0.25, 0.3) is 11.1 Å². The maximum absolute atomic E-state index is 13.4. The molecule has 4 N–H and O–H groups in total. The monoisotopic (exact) mass is 578 g/mol. The Bertz CT molecular complexity index is 1980. The van der Waals surface area contributed by atoms with Gasteiger partial charge in [-0.15, -0.1) is 0 Å². The van der Waals surface area contributed by atoms with Crippen molar-refractivity contribution in [3.05, 3.63) is 106 Å². The third-order valence-electron chi connectivity index (χ3n) is 7.26. The quantitative estimate of drug-likeness (QED) is 0.195. The molecular formula is C31H18N2O10. The Labute approximate surface area is 241 Å². The predicted octanol–water partition coefficient (Wildman–Crippen LogP) is 3.24.